The Balaban J connectivity index is 0.000000247. The predicted molar refractivity (Wildman–Crippen MR) is 143 cm³/mol. The highest BCUT2D eigenvalue weighted by Crippen LogP contribution is 2.36. The van der Waals surface area contributed by atoms with Crippen LogP contribution < -0.4 is 0 Å². The second-order valence-corrected chi connectivity index (χ2v) is 12.4. The average molecular weight is 469 g/mol. The third-order valence-electron chi connectivity index (χ3n) is 10.7. The zero-order valence-electron chi connectivity index (χ0n) is 24.9. The Morgan fingerprint density at radius 2 is 0.333 bits per heavy atom. The molecular weight excluding hydrogens is 408 g/mol. The van der Waals surface area contributed by atoms with Gasteiger partial charge in [0.25, 0.3) is 0 Å². The molecule has 3 saturated heterocycles. The van der Waals surface area contributed by atoms with Crippen LogP contribution in [0.5, 0.6) is 0 Å². The van der Waals surface area contributed by atoms with Gasteiger partial charge in [-0.2, -0.15) is 0 Å². The maximum atomic E-state index is 5.78. The number of hydrogen-bond acceptors (Lipinski definition) is 3. The molecule has 0 radical (unpaired) electrons. The second-order valence-electron chi connectivity index (χ2n) is 12.4. The lowest BCUT2D eigenvalue weighted by molar-refractivity contribution is -0.116. The first-order valence-corrected chi connectivity index (χ1v) is 14.1. The third kappa shape index (κ3) is 7.94. The van der Waals surface area contributed by atoms with Gasteiger partial charge in [0.05, 0.1) is 36.6 Å². The lowest BCUT2D eigenvalue weighted by Gasteiger charge is -2.41. The summed E-state index contributed by atoms with van der Waals surface area (Å²) in [7, 11) is 0. The fraction of sp³-hybridized carbons (Fsp3) is 1.00. The zero-order valence-corrected chi connectivity index (χ0v) is 24.9. The van der Waals surface area contributed by atoms with E-state index >= 15 is 0 Å². The first-order valence-electron chi connectivity index (χ1n) is 14.1. The standard InChI is InChI=1S/3C10H20O/c3*1-6-7(2)9(4)11-10(5)8(6)3/h3*6-10H,1-5H3/t2*6?,7-,8?,9?,10+;6?,7-,8?,9?,10-/m100/s1. The maximum absolute atomic E-state index is 5.78. The van der Waals surface area contributed by atoms with Gasteiger partial charge >= 0.3 is 0 Å². The normalized spacial score (nSPS) is 52.6. The molecular formula is C30H60O3. The molecule has 3 aliphatic heterocycles. The largest absolute Gasteiger partial charge is 0.375 e. The molecule has 3 nitrogen and oxygen atoms in total. The summed E-state index contributed by atoms with van der Waals surface area (Å²) in [4.78, 5) is 0. The fourth-order valence-electron chi connectivity index (χ4n) is 5.76. The number of hydrogen-bond donors (Lipinski definition) is 0. The zero-order chi connectivity index (χ0) is 25.8. The van der Waals surface area contributed by atoms with E-state index < -0.39 is 0 Å². The molecule has 0 N–H and O–H groups in total. The van der Waals surface area contributed by atoms with Crippen LogP contribution in [0.4, 0.5) is 0 Å². The van der Waals surface area contributed by atoms with Crippen molar-refractivity contribution in [2.45, 2.75) is 140 Å². The molecule has 0 aromatic heterocycles. The van der Waals surface area contributed by atoms with Gasteiger partial charge in [0, 0.05) is 0 Å². The first kappa shape index (κ1) is 30.9. The molecule has 0 aromatic rings. The van der Waals surface area contributed by atoms with Crippen molar-refractivity contribution in [1.29, 1.82) is 0 Å². The molecule has 0 aromatic carbocycles. The highest BCUT2D eigenvalue weighted by molar-refractivity contribution is 4.83. The Morgan fingerprint density at radius 1 is 0.212 bits per heavy atom. The van der Waals surface area contributed by atoms with Crippen LogP contribution in [0.25, 0.3) is 0 Å². The molecule has 0 amide bonds. The van der Waals surface area contributed by atoms with Crippen LogP contribution in [0, 0.1) is 53.3 Å². The van der Waals surface area contributed by atoms with E-state index in [4.69, 9.17) is 14.2 Å². The molecule has 3 rings (SSSR count). The molecule has 198 valence electrons. The lowest BCUT2D eigenvalue weighted by Crippen LogP contribution is -2.41. The molecule has 33 heavy (non-hydrogen) atoms. The van der Waals surface area contributed by atoms with E-state index in [0.29, 0.717) is 72.1 Å². The van der Waals surface area contributed by atoms with Gasteiger partial charge in [0.15, 0.2) is 0 Å². The maximum Gasteiger partial charge on any atom is 0.0578 e. The van der Waals surface area contributed by atoms with Gasteiger partial charge in [-0.05, 0) is 94.8 Å². The van der Waals surface area contributed by atoms with Crippen molar-refractivity contribution >= 4 is 0 Å². The van der Waals surface area contributed by atoms with Gasteiger partial charge < -0.3 is 14.2 Å². The molecule has 9 unspecified atom stereocenters. The topological polar surface area (TPSA) is 27.7 Å². The van der Waals surface area contributed by atoms with Crippen LogP contribution in [-0.4, -0.2) is 36.6 Å². The summed E-state index contributed by atoms with van der Waals surface area (Å²) in [5.74, 6) is 6.66. The highest BCUT2D eigenvalue weighted by Gasteiger charge is 2.36. The molecule has 0 aliphatic carbocycles. The van der Waals surface area contributed by atoms with Crippen molar-refractivity contribution in [1.82, 2.24) is 0 Å². The van der Waals surface area contributed by atoms with E-state index in [1.165, 1.54) is 0 Å². The minimum Gasteiger partial charge on any atom is -0.375 e. The van der Waals surface area contributed by atoms with Crippen molar-refractivity contribution in [3.8, 4) is 0 Å². The summed E-state index contributed by atoms with van der Waals surface area (Å²) in [5.41, 5.74) is 0. The molecule has 15 atom stereocenters. The summed E-state index contributed by atoms with van der Waals surface area (Å²) in [6.45, 7) is 33.9. The predicted octanol–water partition coefficient (Wildman–Crippen LogP) is 8.11. The minimum absolute atomic E-state index is 0.441. The first-order chi connectivity index (χ1) is 15.1. The number of ether oxygens (including phenoxy) is 3. The van der Waals surface area contributed by atoms with Crippen LogP contribution in [0.15, 0.2) is 0 Å². The van der Waals surface area contributed by atoms with Crippen molar-refractivity contribution < 1.29 is 14.2 Å². The molecule has 0 spiro atoms. The summed E-state index contributed by atoms with van der Waals surface area (Å²) in [6.07, 6.45) is 2.65. The van der Waals surface area contributed by atoms with Gasteiger partial charge in [0.2, 0.25) is 0 Å². The molecule has 0 bridgehead atoms. The summed E-state index contributed by atoms with van der Waals surface area (Å²) < 4.78 is 17.3. The summed E-state index contributed by atoms with van der Waals surface area (Å²) >= 11 is 0. The molecule has 3 fully saturated rings. The van der Waals surface area contributed by atoms with E-state index in [0.717, 1.165) is 17.8 Å². The smallest absolute Gasteiger partial charge is 0.0578 e. The van der Waals surface area contributed by atoms with Crippen molar-refractivity contribution in [3.63, 3.8) is 0 Å². The Hall–Kier alpha value is -0.120. The third-order valence-corrected chi connectivity index (χ3v) is 10.7. The number of rotatable bonds is 0. The van der Waals surface area contributed by atoms with Gasteiger partial charge in [-0.15, -0.1) is 0 Å². The molecule has 3 aliphatic rings. The highest BCUT2D eigenvalue weighted by atomic mass is 16.5. The Bertz CT molecular complexity index is 433. The van der Waals surface area contributed by atoms with Gasteiger partial charge in [0.1, 0.15) is 0 Å². The average Bonchev–Trinajstić information content (AvgIpc) is 2.77. The van der Waals surface area contributed by atoms with Gasteiger partial charge in [-0.1, -0.05) is 62.3 Å². The van der Waals surface area contributed by atoms with E-state index in [9.17, 15) is 0 Å². The van der Waals surface area contributed by atoms with E-state index in [1.807, 2.05) is 0 Å². The monoisotopic (exact) mass is 468 g/mol. The quantitative estimate of drug-likeness (QED) is 0.359. The Morgan fingerprint density at radius 3 is 0.455 bits per heavy atom. The summed E-state index contributed by atoms with van der Waals surface area (Å²) in [6, 6.07) is 0. The molecule has 3 heteroatoms. The summed E-state index contributed by atoms with van der Waals surface area (Å²) in [5, 5.41) is 0. The van der Waals surface area contributed by atoms with Crippen molar-refractivity contribution in [3.05, 3.63) is 0 Å². The van der Waals surface area contributed by atoms with E-state index in [2.05, 4.69) is 104 Å². The van der Waals surface area contributed by atoms with Crippen LogP contribution in [0.2, 0.25) is 0 Å². The lowest BCUT2D eigenvalue weighted by atomic mass is 9.77. The van der Waals surface area contributed by atoms with Crippen LogP contribution in [0.1, 0.15) is 104 Å². The minimum atomic E-state index is 0.441. The van der Waals surface area contributed by atoms with Crippen LogP contribution >= 0.6 is 0 Å². The van der Waals surface area contributed by atoms with E-state index in [1.54, 1.807) is 0 Å². The van der Waals surface area contributed by atoms with Gasteiger partial charge in [-0.25, -0.2) is 0 Å². The molecule has 0 saturated carbocycles. The van der Waals surface area contributed by atoms with Crippen LogP contribution in [0.3, 0.4) is 0 Å². The van der Waals surface area contributed by atoms with Crippen molar-refractivity contribution in [2.75, 3.05) is 0 Å². The second kappa shape index (κ2) is 13.3. The fourth-order valence-corrected chi connectivity index (χ4v) is 5.76. The van der Waals surface area contributed by atoms with Gasteiger partial charge in [-0.3, -0.25) is 0 Å². The Labute approximate surface area is 208 Å². The Kier molecular flexibility index (Phi) is 12.4. The van der Waals surface area contributed by atoms with Crippen molar-refractivity contribution in [2.24, 2.45) is 53.3 Å². The molecule has 3 heterocycles. The SMILES string of the molecule is CC1O[C@@H](C)C(C)C(C)[C@@H]1C.CC1O[C@@H](C)C(C)C(C)[C@H]1C.CC1O[C@H](C)C(C)C(C)[C@@H]1C. The van der Waals surface area contributed by atoms with E-state index in [-0.39, 0.29) is 0 Å². The van der Waals surface area contributed by atoms with Crippen LogP contribution in [-0.2, 0) is 14.2 Å².